The lowest BCUT2D eigenvalue weighted by Crippen LogP contribution is -2.35. The zero-order chi connectivity index (χ0) is 11.4. The van der Waals surface area contributed by atoms with Crippen LogP contribution in [0.15, 0.2) is 12.4 Å². The molecule has 1 aliphatic rings. The maximum atomic E-state index is 4.20. The van der Waals surface area contributed by atoms with E-state index in [0.717, 1.165) is 18.1 Å². The minimum atomic E-state index is 0.581. The molecule has 2 rings (SSSR count). The predicted molar refractivity (Wildman–Crippen MR) is 65.5 cm³/mol. The first-order valence-electron chi connectivity index (χ1n) is 6.02. The van der Waals surface area contributed by atoms with Crippen LogP contribution in [0.1, 0.15) is 25.5 Å². The molecule has 4 heteroatoms. The van der Waals surface area contributed by atoms with Crippen LogP contribution in [-0.4, -0.2) is 40.5 Å². The highest BCUT2D eigenvalue weighted by Gasteiger charge is 2.17. The van der Waals surface area contributed by atoms with Gasteiger partial charge in [0.25, 0.3) is 0 Å². The summed E-state index contributed by atoms with van der Waals surface area (Å²) in [6.45, 7) is 7.69. The van der Waals surface area contributed by atoms with Crippen LogP contribution in [0.5, 0.6) is 0 Å². The summed E-state index contributed by atoms with van der Waals surface area (Å²) in [6.07, 6.45) is 4.30. The second kappa shape index (κ2) is 5.25. The third kappa shape index (κ3) is 2.92. The molecule has 0 bridgehead atoms. The van der Waals surface area contributed by atoms with Crippen molar-refractivity contribution in [3.63, 3.8) is 0 Å². The van der Waals surface area contributed by atoms with E-state index < -0.39 is 0 Å². The van der Waals surface area contributed by atoms with Gasteiger partial charge in [-0.15, -0.1) is 0 Å². The molecular formula is C12H20N4. The van der Waals surface area contributed by atoms with Crippen LogP contribution in [-0.2, 0) is 0 Å². The van der Waals surface area contributed by atoms with E-state index in [0.29, 0.717) is 6.04 Å². The first kappa shape index (κ1) is 11.3. The molecule has 16 heavy (non-hydrogen) atoms. The Morgan fingerprint density at radius 3 is 2.81 bits per heavy atom. The van der Waals surface area contributed by atoms with E-state index in [-0.39, 0.29) is 0 Å². The number of aromatic nitrogens is 2. The van der Waals surface area contributed by atoms with Gasteiger partial charge in [-0.1, -0.05) is 0 Å². The van der Waals surface area contributed by atoms with Crippen LogP contribution in [0.2, 0.25) is 0 Å². The quantitative estimate of drug-likeness (QED) is 0.838. The van der Waals surface area contributed by atoms with E-state index in [1.54, 1.807) is 6.33 Å². The molecule has 0 aliphatic carbocycles. The van der Waals surface area contributed by atoms with E-state index >= 15 is 0 Å². The normalized spacial score (nSPS) is 18.6. The predicted octanol–water partition coefficient (Wildman–Crippen LogP) is 1.68. The van der Waals surface area contributed by atoms with Gasteiger partial charge in [-0.25, -0.2) is 9.97 Å². The van der Waals surface area contributed by atoms with Crippen molar-refractivity contribution in [2.45, 2.75) is 32.7 Å². The Morgan fingerprint density at radius 1 is 1.38 bits per heavy atom. The molecule has 0 spiro atoms. The molecule has 1 unspecified atom stereocenters. The van der Waals surface area contributed by atoms with E-state index in [2.05, 4.69) is 27.1 Å². The molecule has 88 valence electrons. The number of nitrogens with one attached hydrogen (secondary N) is 1. The van der Waals surface area contributed by atoms with Crippen LogP contribution in [0.4, 0.5) is 5.82 Å². The van der Waals surface area contributed by atoms with Crippen molar-refractivity contribution in [2.24, 2.45) is 0 Å². The van der Waals surface area contributed by atoms with Crippen LogP contribution >= 0.6 is 0 Å². The fraction of sp³-hybridized carbons (Fsp3) is 0.667. The first-order chi connectivity index (χ1) is 7.75. The molecule has 1 aliphatic heterocycles. The number of nitrogens with zero attached hydrogens (tertiary/aromatic N) is 3. The number of likely N-dealkylation sites (tertiary alicyclic amines) is 1. The van der Waals surface area contributed by atoms with E-state index in [9.17, 15) is 0 Å². The molecule has 0 radical (unpaired) electrons. The summed E-state index contributed by atoms with van der Waals surface area (Å²) in [4.78, 5) is 10.8. The van der Waals surface area contributed by atoms with Gasteiger partial charge in [0.15, 0.2) is 0 Å². The maximum Gasteiger partial charge on any atom is 0.129 e. The fourth-order valence-electron chi connectivity index (χ4n) is 2.11. The lowest BCUT2D eigenvalue weighted by molar-refractivity contribution is 0.269. The van der Waals surface area contributed by atoms with Crippen molar-refractivity contribution in [3.8, 4) is 0 Å². The zero-order valence-corrected chi connectivity index (χ0v) is 10.1. The standard InChI is InChI=1S/C12H20N4/c1-10-7-12(15-9-14-10)13-8-11(2)16-5-3-4-6-16/h7,9,11H,3-6,8H2,1-2H3,(H,13,14,15). The Labute approximate surface area is 97.1 Å². The number of hydrogen-bond acceptors (Lipinski definition) is 4. The summed E-state index contributed by atoms with van der Waals surface area (Å²) in [7, 11) is 0. The molecule has 1 atom stereocenters. The Morgan fingerprint density at radius 2 is 2.12 bits per heavy atom. The number of aryl methyl sites for hydroxylation is 1. The van der Waals surface area contributed by atoms with Gasteiger partial charge in [-0.05, 0) is 39.8 Å². The summed E-state index contributed by atoms with van der Waals surface area (Å²) in [5.74, 6) is 0.929. The smallest absolute Gasteiger partial charge is 0.129 e. The van der Waals surface area contributed by atoms with E-state index in [1.807, 2.05) is 13.0 Å². The van der Waals surface area contributed by atoms with E-state index in [1.165, 1.54) is 25.9 Å². The minimum absolute atomic E-state index is 0.581. The van der Waals surface area contributed by atoms with Gasteiger partial charge >= 0.3 is 0 Å². The average molecular weight is 220 g/mol. The topological polar surface area (TPSA) is 41.0 Å². The average Bonchev–Trinajstić information content (AvgIpc) is 2.79. The third-order valence-electron chi connectivity index (χ3n) is 3.15. The van der Waals surface area contributed by atoms with Crippen LogP contribution < -0.4 is 5.32 Å². The van der Waals surface area contributed by atoms with Gasteiger partial charge in [0.1, 0.15) is 12.1 Å². The maximum absolute atomic E-state index is 4.20. The summed E-state index contributed by atoms with van der Waals surface area (Å²) in [5.41, 5.74) is 1.01. The highest BCUT2D eigenvalue weighted by atomic mass is 15.2. The van der Waals surface area contributed by atoms with Crippen molar-refractivity contribution in [2.75, 3.05) is 25.0 Å². The van der Waals surface area contributed by atoms with Crippen molar-refractivity contribution in [3.05, 3.63) is 18.1 Å². The van der Waals surface area contributed by atoms with Gasteiger partial charge in [-0.3, -0.25) is 4.90 Å². The molecule has 1 aromatic rings. The van der Waals surface area contributed by atoms with Gasteiger partial charge < -0.3 is 5.32 Å². The molecule has 1 N–H and O–H groups in total. The van der Waals surface area contributed by atoms with Crippen molar-refractivity contribution >= 4 is 5.82 Å². The molecule has 0 saturated carbocycles. The van der Waals surface area contributed by atoms with Gasteiger partial charge in [0.2, 0.25) is 0 Å². The molecule has 0 aromatic carbocycles. The van der Waals surface area contributed by atoms with Crippen LogP contribution in [0.25, 0.3) is 0 Å². The Hall–Kier alpha value is -1.16. The Balaban J connectivity index is 1.82. The van der Waals surface area contributed by atoms with Gasteiger partial charge in [0, 0.05) is 24.3 Å². The van der Waals surface area contributed by atoms with Gasteiger partial charge in [0.05, 0.1) is 0 Å². The molecule has 1 fully saturated rings. The number of rotatable bonds is 4. The molecule has 4 nitrogen and oxygen atoms in total. The lowest BCUT2D eigenvalue weighted by atomic mass is 10.3. The highest BCUT2D eigenvalue weighted by Crippen LogP contribution is 2.12. The molecular weight excluding hydrogens is 200 g/mol. The second-order valence-electron chi connectivity index (χ2n) is 4.52. The molecule has 1 saturated heterocycles. The van der Waals surface area contributed by atoms with Crippen LogP contribution in [0, 0.1) is 6.92 Å². The largest absolute Gasteiger partial charge is 0.368 e. The van der Waals surface area contributed by atoms with E-state index in [4.69, 9.17) is 0 Å². The fourth-order valence-corrected chi connectivity index (χ4v) is 2.11. The lowest BCUT2D eigenvalue weighted by Gasteiger charge is -2.24. The Kier molecular flexibility index (Phi) is 3.72. The number of hydrogen-bond donors (Lipinski definition) is 1. The minimum Gasteiger partial charge on any atom is -0.368 e. The Bertz CT molecular complexity index is 334. The molecule has 0 amide bonds. The zero-order valence-electron chi connectivity index (χ0n) is 10.1. The summed E-state index contributed by atoms with van der Waals surface area (Å²) < 4.78 is 0. The second-order valence-corrected chi connectivity index (χ2v) is 4.52. The van der Waals surface area contributed by atoms with Crippen molar-refractivity contribution in [1.29, 1.82) is 0 Å². The number of anilines is 1. The van der Waals surface area contributed by atoms with Crippen LogP contribution in [0.3, 0.4) is 0 Å². The SMILES string of the molecule is Cc1cc(NCC(C)N2CCCC2)ncn1. The summed E-state index contributed by atoms with van der Waals surface area (Å²) in [5, 5.41) is 3.37. The van der Waals surface area contributed by atoms with Crippen molar-refractivity contribution in [1.82, 2.24) is 14.9 Å². The molecule has 1 aromatic heterocycles. The first-order valence-corrected chi connectivity index (χ1v) is 6.02. The highest BCUT2D eigenvalue weighted by molar-refractivity contribution is 5.34. The summed E-state index contributed by atoms with van der Waals surface area (Å²) in [6, 6.07) is 2.56. The molecule has 2 heterocycles. The van der Waals surface area contributed by atoms with Crippen molar-refractivity contribution < 1.29 is 0 Å². The van der Waals surface area contributed by atoms with Gasteiger partial charge in [-0.2, -0.15) is 0 Å². The monoisotopic (exact) mass is 220 g/mol. The third-order valence-corrected chi connectivity index (χ3v) is 3.15. The summed E-state index contributed by atoms with van der Waals surface area (Å²) >= 11 is 0.